The first-order valence-corrected chi connectivity index (χ1v) is 6.38. The van der Waals surface area contributed by atoms with Crippen LogP contribution < -0.4 is 5.32 Å². The highest BCUT2D eigenvalue weighted by Crippen LogP contribution is 2.19. The van der Waals surface area contributed by atoms with E-state index in [9.17, 15) is 9.18 Å². The number of aryl methyl sites for hydroxylation is 2. The Hall–Kier alpha value is -1.76. The van der Waals surface area contributed by atoms with Crippen LogP contribution in [0.4, 0.5) is 10.2 Å². The molecule has 0 spiro atoms. The molecule has 0 atom stereocenters. The average molecular weight is 328 g/mol. The highest BCUT2D eigenvalue weighted by molar-refractivity contribution is 9.10. The van der Waals surface area contributed by atoms with E-state index in [0.717, 1.165) is 10.0 Å². The van der Waals surface area contributed by atoms with E-state index in [-0.39, 0.29) is 18.1 Å². The molecule has 1 aromatic heterocycles. The summed E-state index contributed by atoms with van der Waals surface area (Å²) >= 11 is 3.32. The van der Waals surface area contributed by atoms with E-state index >= 15 is 0 Å². The van der Waals surface area contributed by atoms with Gasteiger partial charge in [0, 0.05) is 10.9 Å². The maximum atomic E-state index is 13.1. The Labute approximate surface area is 117 Å². The maximum absolute atomic E-state index is 13.1. The summed E-state index contributed by atoms with van der Waals surface area (Å²) in [7, 11) is 0. The van der Waals surface area contributed by atoms with Crippen LogP contribution in [0.25, 0.3) is 0 Å². The Morgan fingerprint density at radius 2 is 2.26 bits per heavy atom. The number of halogens is 2. The van der Waals surface area contributed by atoms with Crippen LogP contribution in [0.3, 0.4) is 0 Å². The molecule has 1 aromatic carbocycles. The predicted molar refractivity (Wildman–Crippen MR) is 70.1 cm³/mol. The van der Waals surface area contributed by atoms with Gasteiger partial charge in [-0.15, -0.1) is 0 Å². The second kappa shape index (κ2) is 5.92. The van der Waals surface area contributed by atoms with Gasteiger partial charge in [0.1, 0.15) is 11.5 Å². The Kier molecular flexibility index (Phi) is 4.26. The molecule has 1 amide bonds. The number of hydrogen-bond acceptors (Lipinski definition) is 4. The van der Waals surface area contributed by atoms with E-state index in [0.29, 0.717) is 17.9 Å². The van der Waals surface area contributed by atoms with Crippen LogP contribution in [0.2, 0.25) is 0 Å². The molecule has 1 heterocycles. The first kappa shape index (κ1) is 13.7. The molecule has 19 heavy (non-hydrogen) atoms. The maximum Gasteiger partial charge on any atom is 0.225 e. The van der Waals surface area contributed by atoms with Gasteiger partial charge in [0.25, 0.3) is 0 Å². The number of carbonyl (C=O) groups is 1. The number of hydrogen-bond donors (Lipinski definition) is 1. The smallest absolute Gasteiger partial charge is 0.225 e. The zero-order valence-corrected chi connectivity index (χ0v) is 11.7. The van der Waals surface area contributed by atoms with Crippen LogP contribution in [0.5, 0.6) is 0 Å². The van der Waals surface area contributed by atoms with Crippen LogP contribution in [-0.2, 0) is 11.2 Å². The molecule has 0 fully saturated rings. The summed E-state index contributed by atoms with van der Waals surface area (Å²) in [5.41, 5.74) is 1.26. The lowest BCUT2D eigenvalue weighted by atomic mass is 10.1. The number of nitrogens with one attached hydrogen (secondary N) is 1. The zero-order valence-electron chi connectivity index (χ0n) is 10.1. The Morgan fingerprint density at radius 1 is 1.47 bits per heavy atom. The number of benzene rings is 1. The molecule has 0 aliphatic heterocycles. The van der Waals surface area contributed by atoms with Crippen molar-refractivity contribution in [2.45, 2.75) is 19.8 Å². The number of anilines is 1. The minimum absolute atomic E-state index is 0.217. The number of rotatable bonds is 4. The van der Waals surface area contributed by atoms with Gasteiger partial charge in [-0.05, 0) is 42.3 Å². The number of aromatic nitrogens is 2. The van der Waals surface area contributed by atoms with Gasteiger partial charge in [0.15, 0.2) is 5.82 Å². The molecule has 2 aromatic rings. The third-order valence-corrected chi connectivity index (χ3v) is 3.31. The zero-order chi connectivity index (χ0) is 13.8. The van der Waals surface area contributed by atoms with Crippen molar-refractivity contribution in [3.63, 3.8) is 0 Å². The van der Waals surface area contributed by atoms with Crippen LogP contribution in [0.1, 0.15) is 17.7 Å². The summed E-state index contributed by atoms with van der Waals surface area (Å²) < 4.78 is 18.3. The molecule has 0 radical (unpaired) electrons. The fourth-order valence-electron chi connectivity index (χ4n) is 1.52. The van der Waals surface area contributed by atoms with Crippen molar-refractivity contribution < 1.29 is 13.8 Å². The average Bonchev–Trinajstić information content (AvgIpc) is 2.76. The topological polar surface area (TPSA) is 68.0 Å². The quantitative estimate of drug-likeness (QED) is 0.937. The van der Waals surface area contributed by atoms with Crippen molar-refractivity contribution >= 4 is 27.7 Å². The van der Waals surface area contributed by atoms with E-state index in [1.807, 2.05) is 0 Å². The summed E-state index contributed by atoms with van der Waals surface area (Å²) in [4.78, 5) is 11.7. The lowest BCUT2D eigenvalue weighted by Gasteiger charge is -2.05. The van der Waals surface area contributed by atoms with Gasteiger partial charge in [-0.2, -0.15) is 0 Å². The Morgan fingerprint density at radius 3 is 2.95 bits per heavy atom. The SMILES string of the molecule is Cc1nonc1NC(=O)CCc1cc(F)ccc1Br. The van der Waals surface area contributed by atoms with E-state index in [1.165, 1.54) is 12.1 Å². The highest BCUT2D eigenvalue weighted by atomic mass is 79.9. The van der Waals surface area contributed by atoms with Crippen molar-refractivity contribution in [2.75, 3.05) is 5.32 Å². The summed E-state index contributed by atoms with van der Waals surface area (Å²) in [6.45, 7) is 1.68. The summed E-state index contributed by atoms with van der Waals surface area (Å²) in [6, 6.07) is 4.38. The normalized spacial score (nSPS) is 10.5. The van der Waals surface area contributed by atoms with Crippen LogP contribution in [-0.4, -0.2) is 16.2 Å². The Bertz CT molecular complexity index is 600. The predicted octanol–water partition coefficient (Wildman–Crippen LogP) is 2.85. The van der Waals surface area contributed by atoms with Gasteiger partial charge < -0.3 is 5.32 Å². The second-order valence-corrected chi connectivity index (χ2v) is 4.84. The lowest BCUT2D eigenvalue weighted by Crippen LogP contribution is -2.13. The minimum Gasteiger partial charge on any atom is -0.306 e. The van der Waals surface area contributed by atoms with Crippen molar-refractivity contribution in [1.82, 2.24) is 10.3 Å². The van der Waals surface area contributed by atoms with Crippen molar-refractivity contribution in [3.8, 4) is 0 Å². The van der Waals surface area contributed by atoms with Gasteiger partial charge in [-0.3, -0.25) is 4.79 Å². The van der Waals surface area contributed by atoms with Crippen molar-refractivity contribution in [2.24, 2.45) is 0 Å². The van der Waals surface area contributed by atoms with Crippen LogP contribution in [0.15, 0.2) is 27.3 Å². The molecule has 0 bridgehead atoms. The van der Waals surface area contributed by atoms with Crippen molar-refractivity contribution in [1.29, 1.82) is 0 Å². The van der Waals surface area contributed by atoms with Crippen LogP contribution in [0, 0.1) is 12.7 Å². The fourth-order valence-corrected chi connectivity index (χ4v) is 1.97. The minimum atomic E-state index is -0.324. The molecule has 0 aliphatic carbocycles. The number of amides is 1. The van der Waals surface area contributed by atoms with Gasteiger partial charge in [-0.1, -0.05) is 21.1 Å². The molecule has 2 rings (SSSR count). The number of nitrogens with zero attached hydrogens (tertiary/aromatic N) is 2. The number of carbonyl (C=O) groups excluding carboxylic acids is 1. The molecular formula is C12H11BrFN3O2. The molecule has 0 unspecified atom stereocenters. The third-order valence-electron chi connectivity index (χ3n) is 2.54. The first-order chi connectivity index (χ1) is 9.06. The van der Waals surface area contributed by atoms with E-state index in [4.69, 9.17) is 0 Å². The lowest BCUT2D eigenvalue weighted by molar-refractivity contribution is -0.116. The fraction of sp³-hybridized carbons (Fsp3) is 0.250. The Balaban J connectivity index is 1.93. The molecule has 0 aliphatic rings. The second-order valence-electron chi connectivity index (χ2n) is 3.98. The molecule has 7 heteroatoms. The van der Waals surface area contributed by atoms with E-state index in [1.54, 1.807) is 13.0 Å². The van der Waals surface area contributed by atoms with E-state index < -0.39 is 0 Å². The summed E-state index contributed by atoms with van der Waals surface area (Å²) in [5.74, 6) is -0.242. The van der Waals surface area contributed by atoms with Gasteiger partial charge >= 0.3 is 0 Å². The molecule has 5 nitrogen and oxygen atoms in total. The van der Waals surface area contributed by atoms with Crippen LogP contribution >= 0.6 is 15.9 Å². The molecule has 100 valence electrons. The monoisotopic (exact) mass is 327 g/mol. The summed E-state index contributed by atoms with van der Waals surface area (Å²) in [5, 5.41) is 9.69. The standard InChI is InChI=1S/C12H11BrFN3O2/c1-7-12(17-19-16-7)15-11(18)5-2-8-6-9(14)3-4-10(8)13/h3-4,6H,2,5H2,1H3,(H,15,17,18). The van der Waals surface area contributed by atoms with Crippen molar-refractivity contribution in [3.05, 3.63) is 39.7 Å². The highest BCUT2D eigenvalue weighted by Gasteiger charge is 2.10. The summed E-state index contributed by atoms with van der Waals surface area (Å²) in [6.07, 6.45) is 0.642. The largest absolute Gasteiger partial charge is 0.306 e. The van der Waals surface area contributed by atoms with Gasteiger partial charge in [-0.25, -0.2) is 9.02 Å². The molecular weight excluding hydrogens is 317 g/mol. The molecule has 1 N–H and O–H groups in total. The first-order valence-electron chi connectivity index (χ1n) is 5.59. The molecule has 0 saturated carbocycles. The van der Waals surface area contributed by atoms with E-state index in [2.05, 4.69) is 36.2 Å². The third kappa shape index (κ3) is 3.60. The van der Waals surface area contributed by atoms with Gasteiger partial charge in [0.2, 0.25) is 5.91 Å². The van der Waals surface area contributed by atoms with Gasteiger partial charge in [0.05, 0.1) is 0 Å². The molecule has 0 saturated heterocycles.